The number of amides is 1. The fraction of sp³-hybridized carbons (Fsp3) is 0.933. The summed E-state index contributed by atoms with van der Waals surface area (Å²) in [5.41, 5.74) is -0.0826. The van der Waals surface area contributed by atoms with Gasteiger partial charge in [-0.1, -0.05) is 26.7 Å². The number of carbonyl (C=O) groups excluding carboxylic acids is 1. The molecular weight excluding hydrogens is 276 g/mol. The van der Waals surface area contributed by atoms with E-state index in [9.17, 15) is 4.79 Å². The number of rotatable bonds is 9. The third-order valence-electron chi connectivity index (χ3n) is 3.91. The predicted molar refractivity (Wildman–Crippen MR) is 85.4 cm³/mol. The summed E-state index contributed by atoms with van der Waals surface area (Å²) in [4.78, 5) is 12.4. The van der Waals surface area contributed by atoms with Crippen molar-refractivity contribution in [1.29, 1.82) is 0 Å². The molecule has 5 heteroatoms. The average Bonchev–Trinajstić information content (AvgIpc) is 2.82. The van der Waals surface area contributed by atoms with Crippen LogP contribution >= 0.6 is 12.4 Å². The van der Waals surface area contributed by atoms with Gasteiger partial charge in [-0.2, -0.15) is 0 Å². The first-order chi connectivity index (χ1) is 9.10. The van der Waals surface area contributed by atoms with Gasteiger partial charge in [0.2, 0.25) is 5.91 Å². The summed E-state index contributed by atoms with van der Waals surface area (Å²) in [5, 5.41) is 6.35. The van der Waals surface area contributed by atoms with Crippen molar-refractivity contribution in [1.82, 2.24) is 10.6 Å². The first-order valence-corrected chi connectivity index (χ1v) is 7.59. The molecule has 0 spiro atoms. The van der Waals surface area contributed by atoms with Gasteiger partial charge in [-0.05, 0) is 25.2 Å². The third kappa shape index (κ3) is 6.42. The van der Waals surface area contributed by atoms with E-state index in [2.05, 4.69) is 24.5 Å². The van der Waals surface area contributed by atoms with Crippen LogP contribution in [-0.2, 0) is 9.53 Å². The minimum absolute atomic E-state index is 0. The lowest BCUT2D eigenvalue weighted by molar-refractivity contribution is -0.131. The fourth-order valence-electron chi connectivity index (χ4n) is 3.11. The summed E-state index contributed by atoms with van der Waals surface area (Å²) < 4.78 is 4.96. The number of ether oxygens (including phenoxy) is 1. The van der Waals surface area contributed by atoms with E-state index in [1.54, 1.807) is 7.11 Å². The lowest BCUT2D eigenvalue weighted by Gasteiger charge is -2.29. The first-order valence-electron chi connectivity index (χ1n) is 7.59. The lowest BCUT2D eigenvalue weighted by atomic mass is 9.77. The summed E-state index contributed by atoms with van der Waals surface area (Å²) in [6.07, 6.45) is 5.55. The Morgan fingerprint density at radius 3 is 2.40 bits per heavy atom. The molecule has 0 aliphatic heterocycles. The molecule has 0 saturated heterocycles. The smallest absolute Gasteiger partial charge is 0.226 e. The molecule has 0 aromatic carbocycles. The highest BCUT2D eigenvalue weighted by molar-refractivity contribution is 5.85. The molecule has 0 radical (unpaired) electrons. The maximum atomic E-state index is 12.4. The maximum absolute atomic E-state index is 12.4. The average molecular weight is 307 g/mol. The molecule has 1 aliphatic carbocycles. The summed E-state index contributed by atoms with van der Waals surface area (Å²) in [7, 11) is 1.69. The van der Waals surface area contributed by atoms with E-state index < -0.39 is 0 Å². The molecular formula is C15H31ClN2O2. The molecule has 1 fully saturated rings. The SMILES string of the molecule is COCCNCCNC(=O)C1(CC(C)C)CCCC1.Cl. The Labute approximate surface area is 129 Å². The zero-order valence-corrected chi connectivity index (χ0v) is 14.0. The Kier molecular flexibility index (Phi) is 10.2. The molecule has 4 nitrogen and oxygen atoms in total. The monoisotopic (exact) mass is 306 g/mol. The molecule has 1 amide bonds. The van der Waals surface area contributed by atoms with Crippen LogP contribution in [0.1, 0.15) is 46.0 Å². The largest absolute Gasteiger partial charge is 0.383 e. The van der Waals surface area contributed by atoms with Crippen LogP contribution in [0.15, 0.2) is 0 Å². The Balaban J connectivity index is 0.00000361. The molecule has 1 saturated carbocycles. The molecule has 0 aromatic heterocycles. The van der Waals surface area contributed by atoms with Crippen molar-refractivity contribution < 1.29 is 9.53 Å². The molecule has 20 heavy (non-hydrogen) atoms. The topological polar surface area (TPSA) is 50.4 Å². The second-order valence-electron chi connectivity index (χ2n) is 6.08. The van der Waals surface area contributed by atoms with Crippen LogP contribution in [0.25, 0.3) is 0 Å². The van der Waals surface area contributed by atoms with Gasteiger partial charge < -0.3 is 15.4 Å². The molecule has 1 rings (SSSR count). The van der Waals surface area contributed by atoms with Crippen molar-refractivity contribution in [2.24, 2.45) is 11.3 Å². The molecule has 2 N–H and O–H groups in total. The number of carbonyl (C=O) groups is 1. The molecule has 120 valence electrons. The Bertz CT molecular complexity index is 267. The van der Waals surface area contributed by atoms with Crippen molar-refractivity contribution in [3.05, 3.63) is 0 Å². The number of nitrogens with one attached hydrogen (secondary N) is 2. The van der Waals surface area contributed by atoms with Crippen molar-refractivity contribution in [2.75, 3.05) is 33.4 Å². The zero-order chi connectivity index (χ0) is 14.1. The van der Waals surface area contributed by atoms with Crippen molar-refractivity contribution in [2.45, 2.75) is 46.0 Å². The van der Waals surface area contributed by atoms with Gasteiger partial charge >= 0.3 is 0 Å². The van der Waals surface area contributed by atoms with Crippen LogP contribution in [0.5, 0.6) is 0 Å². The zero-order valence-electron chi connectivity index (χ0n) is 13.2. The quantitative estimate of drug-likeness (QED) is 0.643. The summed E-state index contributed by atoms with van der Waals surface area (Å²) >= 11 is 0. The second-order valence-corrected chi connectivity index (χ2v) is 6.08. The van der Waals surface area contributed by atoms with Crippen LogP contribution in [-0.4, -0.2) is 39.3 Å². The van der Waals surface area contributed by atoms with E-state index in [0.717, 1.165) is 32.4 Å². The molecule has 0 bridgehead atoms. The number of halogens is 1. The number of hydrogen-bond donors (Lipinski definition) is 2. The Morgan fingerprint density at radius 1 is 1.20 bits per heavy atom. The third-order valence-corrected chi connectivity index (χ3v) is 3.91. The molecule has 1 aliphatic rings. The fourth-order valence-corrected chi connectivity index (χ4v) is 3.11. The standard InChI is InChI=1S/C15H30N2O2.ClH/c1-13(2)12-15(6-4-5-7-15)14(18)17-9-8-16-10-11-19-3;/h13,16H,4-12H2,1-3H3,(H,17,18);1H. The van der Waals surface area contributed by atoms with E-state index in [1.807, 2.05) is 0 Å². The van der Waals surface area contributed by atoms with E-state index in [1.165, 1.54) is 12.8 Å². The highest BCUT2D eigenvalue weighted by Gasteiger charge is 2.40. The number of methoxy groups -OCH3 is 1. The van der Waals surface area contributed by atoms with Crippen LogP contribution in [0.3, 0.4) is 0 Å². The molecule has 0 unspecified atom stereocenters. The van der Waals surface area contributed by atoms with E-state index in [-0.39, 0.29) is 23.7 Å². The molecule has 0 atom stereocenters. The minimum atomic E-state index is -0.0826. The maximum Gasteiger partial charge on any atom is 0.226 e. The normalized spacial score (nSPS) is 17.0. The van der Waals surface area contributed by atoms with Crippen LogP contribution < -0.4 is 10.6 Å². The second kappa shape index (κ2) is 10.4. The van der Waals surface area contributed by atoms with Gasteiger partial charge in [-0.25, -0.2) is 0 Å². The summed E-state index contributed by atoms with van der Waals surface area (Å²) in [5.74, 6) is 0.857. The van der Waals surface area contributed by atoms with Crippen LogP contribution in [0, 0.1) is 11.3 Å². The lowest BCUT2D eigenvalue weighted by Crippen LogP contribution is -2.42. The van der Waals surface area contributed by atoms with E-state index in [0.29, 0.717) is 19.1 Å². The van der Waals surface area contributed by atoms with Crippen LogP contribution in [0.4, 0.5) is 0 Å². The predicted octanol–water partition coefficient (Wildman–Crippen LogP) is 2.37. The Hall–Kier alpha value is -0.320. The van der Waals surface area contributed by atoms with Gasteiger partial charge in [-0.15, -0.1) is 12.4 Å². The van der Waals surface area contributed by atoms with E-state index in [4.69, 9.17) is 4.74 Å². The van der Waals surface area contributed by atoms with Gasteiger partial charge in [-0.3, -0.25) is 4.79 Å². The van der Waals surface area contributed by atoms with E-state index >= 15 is 0 Å². The van der Waals surface area contributed by atoms with Gasteiger partial charge in [0.15, 0.2) is 0 Å². The highest BCUT2D eigenvalue weighted by atomic mass is 35.5. The summed E-state index contributed by atoms with van der Waals surface area (Å²) in [6, 6.07) is 0. The minimum Gasteiger partial charge on any atom is -0.383 e. The highest BCUT2D eigenvalue weighted by Crippen LogP contribution is 2.43. The van der Waals surface area contributed by atoms with Gasteiger partial charge in [0.1, 0.15) is 0 Å². The molecule has 0 heterocycles. The number of hydrogen-bond acceptors (Lipinski definition) is 3. The van der Waals surface area contributed by atoms with Gasteiger partial charge in [0.25, 0.3) is 0 Å². The van der Waals surface area contributed by atoms with Crippen LogP contribution in [0.2, 0.25) is 0 Å². The molecule has 0 aromatic rings. The van der Waals surface area contributed by atoms with Crippen molar-refractivity contribution >= 4 is 18.3 Å². The van der Waals surface area contributed by atoms with Gasteiger partial charge in [0, 0.05) is 32.2 Å². The Morgan fingerprint density at radius 2 is 1.85 bits per heavy atom. The van der Waals surface area contributed by atoms with Crippen molar-refractivity contribution in [3.63, 3.8) is 0 Å². The van der Waals surface area contributed by atoms with Crippen molar-refractivity contribution in [3.8, 4) is 0 Å². The van der Waals surface area contributed by atoms with Gasteiger partial charge in [0.05, 0.1) is 6.61 Å². The summed E-state index contributed by atoms with van der Waals surface area (Å²) in [6.45, 7) is 7.49. The first kappa shape index (κ1) is 19.7.